The van der Waals surface area contributed by atoms with Crippen molar-refractivity contribution in [1.29, 1.82) is 0 Å². The van der Waals surface area contributed by atoms with Crippen LogP contribution in [0, 0.1) is 5.92 Å². The first-order valence-electron chi connectivity index (χ1n) is 29.3. The molecule has 2 N–H and O–H groups in total. The topological polar surface area (TPSA) is 267 Å². The van der Waals surface area contributed by atoms with Gasteiger partial charge in [0.2, 0.25) is 17.7 Å². The molecule has 7 amide bonds. The van der Waals surface area contributed by atoms with Gasteiger partial charge in [0, 0.05) is 37.7 Å². The van der Waals surface area contributed by atoms with E-state index in [9.17, 15) is 38.4 Å². The lowest BCUT2D eigenvalue weighted by molar-refractivity contribution is -0.147. The van der Waals surface area contributed by atoms with Gasteiger partial charge in [-0.1, -0.05) is 38.1 Å². The Morgan fingerprint density at radius 3 is 2.14 bits per heavy atom. The maximum Gasteiger partial charge on any atom is 0.424 e. The molecule has 2 aromatic carbocycles. The number of fused-ring (bicyclic) bond motifs is 1. The van der Waals surface area contributed by atoms with E-state index in [0.717, 1.165) is 36.9 Å². The van der Waals surface area contributed by atoms with E-state index in [1.165, 1.54) is 9.58 Å². The van der Waals surface area contributed by atoms with Crippen molar-refractivity contribution in [3.8, 4) is 28.4 Å². The van der Waals surface area contributed by atoms with Crippen LogP contribution in [-0.2, 0) is 38.2 Å². The van der Waals surface area contributed by atoms with Crippen molar-refractivity contribution in [3.05, 3.63) is 66.5 Å². The lowest BCUT2D eigenvalue weighted by Gasteiger charge is -2.43. The van der Waals surface area contributed by atoms with Crippen LogP contribution in [0.2, 0.25) is 0 Å². The number of piperazine rings is 1. The summed E-state index contributed by atoms with van der Waals surface area (Å²) in [7, 11) is 0. The average molecular weight is 1170 g/mol. The van der Waals surface area contributed by atoms with E-state index < -0.39 is 82.8 Å². The maximum absolute atomic E-state index is 14.1. The third-order valence-electron chi connectivity index (χ3n) is 15.5. The van der Waals surface area contributed by atoms with Crippen LogP contribution in [0.3, 0.4) is 0 Å². The summed E-state index contributed by atoms with van der Waals surface area (Å²) >= 11 is 0. The minimum Gasteiger partial charge on any atom is -0.489 e. The number of imide groups is 3. The smallest absolute Gasteiger partial charge is 0.424 e. The van der Waals surface area contributed by atoms with Gasteiger partial charge < -0.3 is 38.8 Å². The van der Waals surface area contributed by atoms with Gasteiger partial charge in [0.1, 0.15) is 58.7 Å². The zero-order chi connectivity index (χ0) is 61.3. The van der Waals surface area contributed by atoms with Gasteiger partial charge in [0.05, 0.1) is 42.6 Å². The van der Waals surface area contributed by atoms with Gasteiger partial charge in [-0.05, 0) is 149 Å². The quantitative estimate of drug-likeness (QED) is 0.0586. The van der Waals surface area contributed by atoms with Crippen molar-refractivity contribution >= 4 is 65.1 Å². The molecule has 0 radical (unpaired) electrons. The highest BCUT2D eigenvalue weighted by atomic mass is 16.6. The zero-order valence-corrected chi connectivity index (χ0v) is 50.5. The Hall–Kier alpha value is -8.15. The van der Waals surface area contributed by atoms with E-state index in [0.29, 0.717) is 67.5 Å². The highest BCUT2D eigenvalue weighted by Gasteiger charge is 2.45. The molecule has 6 heterocycles. The van der Waals surface area contributed by atoms with Gasteiger partial charge in [-0.3, -0.25) is 34.3 Å². The lowest BCUT2D eigenvalue weighted by Crippen LogP contribution is -2.58. The summed E-state index contributed by atoms with van der Waals surface area (Å²) in [5, 5.41) is 19.0. The number of likely N-dealkylation sites (tertiary alicyclic amines) is 2. The summed E-state index contributed by atoms with van der Waals surface area (Å²) < 4.78 is 30.4. The van der Waals surface area contributed by atoms with Crippen molar-refractivity contribution in [1.82, 2.24) is 40.0 Å². The van der Waals surface area contributed by atoms with Crippen molar-refractivity contribution in [2.75, 3.05) is 54.4 Å². The molecule has 1 saturated carbocycles. The molecule has 4 fully saturated rings. The van der Waals surface area contributed by atoms with Crippen molar-refractivity contribution in [3.63, 3.8) is 0 Å². The van der Waals surface area contributed by atoms with Crippen LogP contribution >= 0.6 is 0 Å². The first-order valence-corrected chi connectivity index (χ1v) is 29.3. The largest absolute Gasteiger partial charge is 0.489 e. The zero-order valence-electron chi connectivity index (χ0n) is 50.5. The van der Waals surface area contributed by atoms with Crippen LogP contribution in [0.5, 0.6) is 11.5 Å². The van der Waals surface area contributed by atoms with E-state index in [1.54, 1.807) is 124 Å². The van der Waals surface area contributed by atoms with Gasteiger partial charge in [-0.25, -0.2) is 23.9 Å². The molecule has 24 heteroatoms. The Morgan fingerprint density at radius 1 is 0.741 bits per heavy atom. The molecule has 1 aliphatic carbocycles. The van der Waals surface area contributed by atoms with Crippen LogP contribution in [0.15, 0.2) is 60.9 Å². The van der Waals surface area contributed by atoms with E-state index in [4.69, 9.17) is 23.7 Å². The van der Waals surface area contributed by atoms with Crippen LogP contribution in [0.4, 0.5) is 31.6 Å². The molecule has 3 saturated heterocycles. The van der Waals surface area contributed by atoms with E-state index in [2.05, 4.69) is 36.9 Å². The molecule has 9 rings (SSSR count). The molecule has 456 valence electrons. The summed E-state index contributed by atoms with van der Waals surface area (Å²) in [5.74, 6) is -1.97. The molecule has 0 bridgehead atoms. The molecular weight excluding hydrogens is 1090 g/mol. The number of hydrogen-bond acceptors (Lipinski definition) is 18. The number of anilines is 3. The molecule has 4 aromatic rings. The van der Waals surface area contributed by atoms with Crippen molar-refractivity contribution in [2.24, 2.45) is 5.92 Å². The molecule has 24 nitrogen and oxygen atoms in total. The number of para-hydroxylation sites is 2. The number of nitrogens with one attached hydrogen (secondary N) is 2. The van der Waals surface area contributed by atoms with Gasteiger partial charge in [0.15, 0.2) is 5.82 Å². The Labute approximate surface area is 495 Å². The summed E-state index contributed by atoms with van der Waals surface area (Å²) in [5.41, 5.74) is 0.663. The Balaban J connectivity index is 0.868. The van der Waals surface area contributed by atoms with Crippen LogP contribution in [0.25, 0.3) is 16.9 Å². The van der Waals surface area contributed by atoms with Gasteiger partial charge in [-0.2, -0.15) is 10.00 Å². The standard InChI is InChI=1S/C61H79N11O13/c1-36(2)50(63-53(75)44-19-15-27-70(44)57(79)84-60(6,7)8)55(77)82-47-20-13-12-16-41(47)42-32-46(52(66-65-42)64-56(78)83-59(3,4)5)71-34-39(33-62-71)68-29-28-67(35-49(68)74)38-23-21-37(22-24-38)40-17-14-18-43-51(40)81-31-30-69(43)45-25-26-48(73)72(54(45)76)58(80)85-61(9,10)11/h12-14,16-18,20,32-34,36-38,44-45,50H,15,19,21-31,35H2,1-11H3,(H,63,75)(H,64,66,78)/t37?,38?,44-,45-,50-/m0/s1. The second-order valence-corrected chi connectivity index (χ2v) is 25.6. The van der Waals surface area contributed by atoms with E-state index in [-0.39, 0.29) is 60.2 Å². The molecule has 0 unspecified atom stereocenters. The molecule has 4 aliphatic heterocycles. The maximum atomic E-state index is 14.1. The Bertz CT molecular complexity index is 3210. The number of nitrogens with zero attached hydrogens (tertiary/aromatic N) is 9. The van der Waals surface area contributed by atoms with Gasteiger partial charge >= 0.3 is 24.2 Å². The summed E-state index contributed by atoms with van der Waals surface area (Å²) in [4.78, 5) is 116. The van der Waals surface area contributed by atoms with Gasteiger partial charge in [-0.15, -0.1) is 10.2 Å². The number of rotatable bonds is 12. The molecule has 0 spiro atoms. The fraction of sp³-hybridized carbons (Fsp3) is 0.557. The average Bonchev–Trinajstić information content (AvgIpc) is 2.35. The fourth-order valence-electron chi connectivity index (χ4n) is 11.5. The third kappa shape index (κ3) is 14.3. The number of aromatic nitrogens is 4. The van der Waals surface area contributed by atoms with E-state index in [1.807, 2.05) is 17.0 Å². The molecule has 5 aliphatic rings. The highest BCUT2D eigenvalue weighted by Crippen LogP contribution is 2.46. The Morgan fingerprint density at radius 2 is 1.45 bits per heavy atom. The molecule has 2 aromatic heterocycles. The SMILES string of the molecule is CC(C)[C@H](NC(=O)[C@@H]1CCCN1C(=O)OC(C)(C)C)C(=O)Oc1ccccc1-c1cc(-n2cc(N3CCN(C4CCC(c5cccc6c5OCCN6[C@H]5CCC(=O)N(C(=O)OC(C)(C)C)C5=O)CC4)CC3=O)cn2)c(NC(=O)OC(C)(C)C)nn1. The first kappa shape index (κ1) is 61.4. The Kier molecular flexibility index (Phi) is 17.9. The number of piperidine rings is 1. The minimum atomic E-state index is -1.10. The summed E-state index contributed by atoms with van der Waals surface area (Å²) in [6.45, 7) is 21.3. The van der Waals surface area contributed by atoms with Crippen molar-refractivity contribution < 1.29 is 62.0 Å². The van der Waals surface area contributed by atoms with E-state index >= 15 is 0 Å². The number of ether oxygens (including phenoxy) is 5. The summed E-state index contributed by atoms with van der Waals surface area (Å²) in [6.07, 6.45) is 5.53. The monoisotopic (exact) mass is 1170 g/mol. The van der Waals surface area contributed by atoms with Crippen LogP contribution < -0.4 is 29.9 Å². The second kappa shape index (κ2) is 24.8. The number of benzene rings is 2. The fourth-order valence-corrected chi connectivity index (χ4v) is 11.5. The summed E-state index contributed by atoms with van der Waals surface area (Å²) in [6, 6.07) is 11.7. The number of amides is 7. The number of carbonyl (C=O) groups is 8. The lowest BCUT2D eigenvalue weighted by atomic mass is 9.80. The number of carbonyl (C=O) groups excluding carboxylic acids is 8. The molecule has 3 atom stereocenters. The number of esters is 1. The minimum absolute atomic E-state index is 0.00709. The number of hydrogen-bond donors (Lipinski definition) is 2. The van der Waals surface area contributed by atoms with Crippen molar-refractivity contribution in [2.45, 2.75) is 174 Å². The molecule has 85 heavy (non-hydrogen) atoms. The first-order chi connectivity index (χ1) is 40.1. The third-order valence-corrected chi connectivity index (χ3v) is 15.5. The highest BCUT2D eigenvalue weighted by molar-refractivity contribution is 6.13. The normalized spacial score (nSPS) is 21.0. The van der Waals surface area contributed by atoms with Crippen LogP contribution in [0.1, 0.15) is 139 Å². The second-order valence-electron chi connectivity index (χ2n) is 25.6. The predicted molar refractivity (Wildman–Crippen MR) is 312 cm³/mol. The van der Waals surface area contributed by atoms with Gasteiger partial charge in [0.25, 0.3) is 5.91 Å². The predicted octanol–water partition coefficient (Wildman–Crippen LogP) is 8.15. The molecular formula is C61H79N11O13. The van der Waals surface area contributed by atoms with Crippen LogP contribution in [-0.4, -0.2) is 163 Å².